The molecular weight excluding hydrogens is 414 g/mol. The molecule has 2 fully saturated rings. The van der Waals surface area contributed by atoms with Crippen molar-refractivity contribution in [2.24, 2.45) is 17.3 Å². The Morgan fingerprint density at radius 3 is 2.23 bits per heavy atom. The summed E-state index contributed by atoms with van der Waals surface area (Å²) in [4.78, 5) is 41.0. The Bertz CT molecular complexity index is 831. The number of amides is 3. The van der Waals surface area contributed by atoms with E-state index in [9.17, 15) is 14.4 Å². The quantitative estimate of drug-likeness (QED) is 0.752. The molecular formula is C24H34ClN3O3. The summed E-state index contributed by atoms with van der Waals surface area (Å²) in [5, 5.41) is 3.69. The van der Waals surface area contributed by atoms with Crippen molar-refractivity contribution < 1.29 is 14.4 Å². The molecule has 0 aromatic heterocycles. The minimum atomic E-state index is -0.554. The van der Waals surface area contributed by atoms with E-state index >= 15 is 0 Å². The minimum absolute atomic E-state index is 0.0162. The summed E-state index contributed by atoms with van der Waals surface area (Å²) in [5.41, 5.74) is 1.15. The van der Waals surface area contributed by atoms with Gasteiger partial charge in [0.1, 0.15) is 6.04 Å². The average molecular weight is 448 g/mol. The minimum Gasteiger partial charge on any atom is -0.344 e. The number of likely N-dealkylation sites (tertiary alicyclic amines) is 2. The number of benzene rings is 1. The predicted octanol–water partition coefficient (Wildman–Crippen LogP) is 3.30. The van der Waals surface area contributed by atoms with E-state index in [2.05, 4.69) is 31.3 Å². The maximum absolute atomic E-state index is 13.4. The molecule has 0 saturated carbocycles. The zero-order valence-electron chi connectivity index (χ0n) is 19.2. The Morgan fingerprint density at radius 2 is 1.71 bits per heavy atom. The summed E-state index contributed by atoms with van der Waals surface area (Å²) in [7, 11) is 0. The Hall–Kier alpha value is -2.08. The smallest absolute Gasteiger partial charge is 0.245 e. The predicted molar refractivity (Wildman–Crippen MR) is 122 cm³/mol. The molecule has 0 spiro atoms. The molecule has 1 aromatic rings. The second-order valence-electron chi connectivity index (χ2n) is 9.99. The fourth-order valence-electron chi connectivity index (χ4n) is 4.74. The first-order valence-electron chi connectivity index (χ1n) is 11.1. The van der Waals surface area contributed by atoms with E-state index in [0.717, 1.165) is 11.4 Å². The van der Waals surface area contributed by atoms with Gasteiger partial charge in [-0.3, -0.25) is 14.4 Å². The van der Waals surface area contributed by atoms with E-state index in [0.29, 0.717) is 32.1 Å². The van der Waals surface area contributed by atoms with Crippen LogP contribution in [-0.2, 0) is 14.4 Å². The molecule has 2 atom stereocenters. The zero-order valence-corrected chi connectivity index (χ0v) is 19.9. The van der Waals surface area contributed by atoms with Gasteiger partial charge >= 0.3 is 0 Å². The lowest BCUT2D eigenvalue weighted by Crippen LogP contribution is -2.60. The number of piperidine rings is 1. The van der Waals surface area contributed by atoms with Crippen molar-refractivity contribution in [1.29, 1.82) is 0 Å². The van der Waals surface area contributed by atoms with Crippen LogP contribution in [0.2, 0.25) is 5.02 Å². The lowest BCUT2D eigenvalue weighted by Gasteiger charge is -2.46. The molecule has 3 amide bonds. The van der Waals surface area contributed by atoms with Crippen molar-refractivity contribution in [2.75, 3.05) is 26.2 Å². The number of hydrogen-bond donors (Lipinski definition) is 1. The first-order valence-corrected chi connectivity index (χ1v) is 11.5. The third-order valence-electron chi connectivity index (χ3n) is 6.74. The lowest BCUT2D eigenvalue weighted by molar-refractivity contribution is -0.146. The van der Waals surface area contributed by atoms with Crippen molar-refractivity contribution in [1.82, 2.24) is 15.1 Å². The molecule has 1 N–H and O–H groups in total. The second kappa shape index (κ2) is 9.19. The molecule has 7 heteroatoms. The Balaban J connectivity index is 1.64. The molecule has 31 heavy (non-hydrogen) atoms. The van der Waals surface area contributed by atoms with Crippen LogP contribution in [0.3, 0.4) is 0 Å². The lowest BCUT2D eigenvalue weighted by atomic mass is 9.70. The van der Waals surface area contributed by atoms with Crippen LogP contribution >= 0.6 is 11.6 Å². The number of nitrogens with zero attached hydrogens (tertiary/aromatic N) is 2. The molecule has 2 heterocycles. The summed E-state index contributed by atoms with van der Waals surface area (Å²) in [6.07, 6.45) is 0.870. The Kier molecular flexibility index (Phi) is 6.99. The molecule has 0 bridgehead atoms. The van der Waals surface area contributed by atoms with E-state index in [4.69, 9.17) is 11.6 Å². The van der Waals surface area contributed by atoms with E-state index in [-0.39, 0.29) is 35.0 Å². The van der Waals surface area contributed by atoms with Crippen molar-refractivity contribution >= 4 is 29.3 Å². The molecule has 170 valence electrons. The van der Waals surface area contributed by atoms with Crippen LogP contribution in [0, 0.1) is 17.3 Å². The first-order chi connectivity index (χ1) is 14.5. The normalized spacial score (nSPS) is 22.1. The highest BCUT2D eigenvalue weighted by atomic mass is 35.5. The number of carbonyl (C=O) groups is 3. The molecule has 0 radical (unpaired) electrons. The van der Waals surface area contributed by atoms with E-state index < -0.39 is 6.04 Å². The van der Waals surface area contributed by atoms with Crippen LogP contribution in [0.5, 0.6) is 0 Å². The Labute approximate surface area is 190 Å². The maximum atomic E-state index is 13.4. The Morgan fingerprint density at radius 1 is 1.10 bits per heavy atom. The van der Waals surface area contributed by atoms with Gasteiger partial charge in [-0.1, -0.05) is 51.4 Å². The molecule has 0 aliphatic carbocycles. The van der Waals surface area contributed by atoms with Gasteiger partial charge in [0.25, 0.3) is 0 Å². The number of rotatable bonds is 5. The van der Waals surface area contributed by atoms with Gasteiger partial charge in [0.15, 0.2) is 0 Å². The fourth-order valence-corrected chi connectivity index (χ4v) is 4.87. The van der Waals surface area contributed by atoms with Gasteiger partial charge in [0, 0.05) is 38.1 Å². The van der Waals surface area contributed by atoms with Crippen LogP contribution in [0.25, 0.3) is 0 Å². The van der Waals surface area contributed by atoms with E-state index in [1.165, 1.54) is 12.5 Å². The van der Waals surface area contributed by atoms with Gasteiger partial charge in [-0.2, -0.15) is 0 Å². The van der Waals surface area contributed by atoms with Crippen LogP contribution in [0.4, 0.5) is 0 Å². The summed E-state index contributed by atoms with van der Waals surface area (Å²) < 4.78 is 0. The summed E-state index contributed by atoms with van der Waals surface area (Å²) in [5.74, 6) is -0.0871. The van der Waals surface area contributed by atoms with Gasteiger partial charge in [-0.25, -0.2) is 0 Å². The van der Waals surface area contributed by atoms with Crippen LogP contribution in [-0.4, -0.2) is 59.7 Å². The monoisotopic (exact) mass is 447 g/mol. The molecule has 1 aromatic carbocycles. The van der Waals surface area contributed by atoms with E-state index in [1.807, 2.05) is 30.9 Å². The van der Waals surface area contributed by atoms with Crippen LogP contribution in [0.15, 0.2) is 24.3 Å². The van der Waals surface area contributed by atoms with Gasteiger partial charge in [-0.15, -0.1) is 0 Å². The molecule has 2 aliphatic heterocycles. The number of halogens is 1. The highest BCUT2D eigenvalue weighted by Gasteiger charge is 2.42. The van der Waals surface area contributed by atoms with Crippen LogP contribution in [0.1, 0.15) is 52.5 Å². The summed E-state index contributed by atoms with van der Waals surface area (Å²) in [6.45, 7) is 12.0. The van der Waals surface area contributed by atoms with Gasteiger partial charge in [-0.05, 0) is 41.4 Å². The molecule has 6 nitrogen and oxygen atoms in total. The summed E-state index contributed by atoms with van der Waals surface area (Å²) in [6, 6.07) is 7.44. The zero-order chi connectivity index (χ0) is 22.9. The highest BCUT2D eigenvalue weighted by molar-refractivity contribution is 6.30. The number of hydrogen-bond acceptors (Lipinski definition) is 3. The number of nitrogens with one attached hydrogen (secondary N) is 1. The third kappa shape index (κ3) is 5.22. The van der Waals surface area contributed by atoms with Crippen molar-refractivity contribution in [3.05, 3.63) is 34.9 Å². The molecule has 1 unspecified atom stereocenters. The van der Waals surface area contributed by atoms with Crippen molar-refractivity contribution in [3.8, 4) is 0 Å². The largest absolute Gasteiger partial charge is 0.344 e. The SMILES string of the molecule is CC(=O)N1CC(C(=O)N[C@@H](C(=O)N2CCC(c3ccc(Cl)cc3)C(C)(C)C2)C(C)C)C1. The summed E-state index contributed by atoms with van der Waals surface area (Å²) >= 11 is 6.05. The van der Waals surface area contributed by atoms with Gasteiger partial charge < -0.3 is 15.1 Å². The van der Waals surface area contributed by atoms with Gasteiger partial charge in [0.05, 0.1) is 5.92 Å². The molecule has 2 aliphatic rings. The second-order valence-corrected chi connectivity index (χ2v) is 10.4. The highest BCUT2D eigenvalue weighted by Crippen LogP contribution is 2.42. The topological polar surface area (TPSA) is 69.7 Å². The number of carbonyl (C=O) groups excluding carboxylic acids is 3. The average Bonchev–Trinajstić information content (AvgIpc) is 2.64. The fraction of sp³-hybridized carbons (Fsp3) is 0.625. The molecule has 3 rings (SSSR count). The third-order valence-corrected chi connectivity index (χ3v) is 6.99. The standard InChI is InChI=1S/C24H34ClN3O3/c1-15(2)21(26-22(30)18-12-28(13-18)16(3)29)23(31)27-11-10-20(24(4,5)14-27)17-6-8-19(25)9-7-17/h6-9,15,18,20-21H,10-14H2,1-5H3,(H,26,30)/t20?,21-/m1/s1. The maximum Gasteiger partial charge on any atom is 0.245 e. The van der Waals surface area contributed by atoms with Crippen molar-refractivity contribution in [2.45, 2.75) is 53.0 Å². The van der Waals surface area contributed by atoms with Crippen LogP contribution < -0.4 is 5.32 Å². The van der Waals surface area contributed by atoms with E-state index in [1.54, 1.807) is 4.90 Å². The van der Waals surface area contributed by atoms with Crippen molar-refractivity contribution in [3.63, 3.8) is 0 Å². The first kappa shape index (κ1) is 23.6. The van der Waals surface area contributed by atoms with Gasteiger partial charge in [0.2, 0.25) is 17.7 Å². The molecule has 2 saturated heterocycles.